The summed E-state index contributed by atoms with van der Waals surface area (Å²) in [6.45, 7) is 4.48. The van der Waals surface area contributed by atoms with Crippen LogP contribution < -0.4 is 0 Å². The molecule has 0 N–H and O–H groups in total. The van der Waals surface area contributed by atoms with Crippen molar-refractivity contribution in [3.63, 3.8) is 0 Å². The van der Waals surface area contributed by atoms with E-state index in [4.69, 9.17) is 0 Å². The summed E-state index contributed by atoms with van der Waals surface area (Å²) in [5.74, 6) is 1.16. The zero-order valence-corrected chi connectivity index (χ0v) is 18.5. The van der Waals surface area contributed by atoms with E-state index in [9.17, 15) is 17.6 Å². The maximum Gasteiger partial charge on any atom is 0.416 e. The molecule has 5 rings (SSSR count). The number of nitrogens with zero attached hydrogens (tertiary/aromatic N) is 7. The van der Waals surface area contributed by atoms with Crippen molar-refractivity contribution < 1.29 is 17.6 Å². The third-order valence-electron chi connectivity index (χ3n) is 6.33. The maximum absolute atomic E-state index is 13.2. The van der Waals surface area contributed by atoms with Crippen LogP contribution in [0.3, 0.4) is 0 Å². The molecule has 1 saturated heterocycles. The number of imidazole rings is 1. The number of hydrogen-bond donors (Lipinski definition) is 0. The van der Waals surface area contributed by atoms with E-state index >= 15 is 0 Å². The summed E-state index contributed by atoms with van der Waals surface area (Å²) in [6.07, 6.45) is -2.71. The summed E-state index contributed by atoms with van der Waals surface area (Å²) >= 11 is 0. The zero-order valence-electron chi connectivity index (χ0n) is 18.5. The van der Waals surface area contributed by atoms with Crippen molar-refractivity contribution in [3.05, 3.63) is 71.1 Å². The molecule has 0 spiro atoms. The van der Waals surface area contributed by atoms with Crippen molar-refractivity contribution in [2.24, 2.45) is 0 Å². The Kier molecular flexibility index (Phi) is 5.80. The van der Waals surface area contributed by atoms with Crippen LogP contribution in [-0.4, -0.2) is 47.7 Å². The zero-order chi connectivity index (χ0) is 23.9. The van der Waals surface area contributed by atoms with E-state index in [0.717, 1.165) is 60.8 Å². The fourth-order valence-electron chi connectivity index (χ4n) is 4.61. The second kappa shape index (κ2) is 8.79. The Balaban J connectivity index is 1.25. The number of aromatic nitrogens is 6. The van der Waals surface area contributed by atoms with Crippen molar-refractivity contribution in [1.29, 1.82) is 0 Å². The minimum Gasteiger partial charge on any atom is -0.325 e. The molecule has 0 saturated carbocycles. The van der Waals surface area contributed by atoms with Gasteiger partial charge in [0.05, 0.1) is 29.7 Å². The van der Waals surface area contributed by atoms with E-state index in [-0.39, 0.29) is 11.9 Å². The van der Waals surface area contributed by atoms with Crippen molar-refractivity contribution in [1.82, 2.24) is 34.7 Å². The van der Waals surface area contributed by atoms with Gasteiger partial charge in [-0.1, -0.05) is 12.1 Å². The molecule has 4 aromatic rings. The monoisotopic (exact) mass is 473 g/mol. The number of tetrazole rings is 1. The van der Waals surface area contributed by atoms with Gasteiger partial charge in [0.25, 0.3) is 0 Å². The molecule has 3 heterocycles. The third-order valence-corrected chi connectivity index (χ3v) is 6.33. The standard InChI is InChI=1S/C23H23F4N7/c1-15-28-20-12-17(23(25,26)27)4-7-21(20)34(15)19-8-10-32(11-9-19)14-22-29-30-31-33(22)13-16-2-5-18(24)6-3-16/h2-7,12,19H,8-11,13-14H2,1H3. The van der Waals surface area contributed by atoms with Gasteiger partial charge in [-0.15, -0.1) is 5.10 Å². The lowest BCUT2D eigenvalue weighted by Crippen LogP contribution is -2.35. The number of alkyl halides is 3. The van der Waals surface area contributed by atoms with E-state index in [2.05, 4.69) is 30.0 Å². The van der Waals surface area contributed by atoms with Gasteiger partial charge in [0.1, 0.15) is 11.6 Å². The maximum atomic E-state index is 13.2. The topological polar surface area (TPSA) is 64.7 Å². The number of hydrogen-bond acceptors (Lipinski definition) is 5. The van der Waals surface area contributed by atoms with Gasteiger partial charge < -0.3 is 4.57 Å². The van der Waals surface area contributed by atoms with Crippen LogP contribution in [0, 0.1) is 12.7 Å². The Morgan fingerprint density at radius 3 is 2.44 bits per heavy atom. The van der Waals surface area contributed by atoms with Crippen molar-refractivity contribution in [3.8, 4) is 0 Å². The molecule has 0 atom stereocenters. The molecule has 1 aliphatic heterocycles. The van der Waals surface area contributed by atoms with Gasteiger partial charge in [-0.3, -0.25) is 4.90 Å². The first-order valence-electron chi connectivity index (χ1n) is 11.1. The number of rotatable bonds is 5. The lowest BCUT2D eigenvalue weighted by atomic mass is 10.0. The van der Waals surface area contributed by atoms with Gasteiger partial charge in [-0.25, -0.2) is 14.1 Å². The van der Waals surface area contributed by atoms with Crippen LogP contribution in [0.5, 0.6) is 0 Å². The molecular formula is C23H23F4N7. The average Bonchev–Trinajstić information content (AvgIpc) is 3.37. The molecule has 0 amide bonds. The Morgan fingerprint density at radius 1 is 1.00 bits per heavy atom. The van der Waals surface area contributed by atoms with E-state index in [0.29, 0.717) is 18.6 Å². The number of benzene rings is 2. The average molecular weight is 473 g/mol. The summed E-state index contributed by atoms with van der Waals surface area (Å²) in [5.41, 5.74) is 1.32. The minimum absolute atomic E-state index is 0.160. The highest BCUT2D eigenvalue weighted by atomic mass is 19.4. The van der Waals surface area contributed by atoms with E-state index in [1.54, 1.807) is 16.8 Å². The summed E-state index contributed by atoms with van der Waals surface area (Å²) in [6, 6.07) is 10.2. The summed E-state index contributed by atoms with van der Waals surface area (Å²) in [5, 5.41) is 12.0. The second-order valence-electron chi connectivity index (χ2n) is 8.62. The molecule has 0 unspecified atom stereocenters. The summed E-state index contributed by atoms with van der Waals surface area (Å²) in [4.78, 5) is 6.66. The third kappa shape index (κ3) is 4.52. The summed E-state index contributed by atoms with van der Waals surface area (Å²) < 4.78 is 56.1. The molecule has 1 fully saturated rings. The lowest BCUT2D eigenvalue weighted by molar-refractivity contribution is -0.137. The normalized spacial score (nSPS) is 15.9. The largest absolute Gasteiger partial charge is 0.416 e. The SMILES string of the molecule is Cc1nc2cc(C(F)(F)F)ccc2n1C1CCN(Cc2nnnn2Cc2ccc(F)cc2)CC1. The van der Waals surface area contributed by atoms with Crippen LogP contribution in [0.25, 0.3) is 11.0 Å². The molecule has 0 radical (unpaired) electrons. The van der Waals surface area contributed by atoms with Gasteiger partial charge in [-0.05, 0) is 66.1 Å². The van der Waals surface area contributed by atoms with E-state index in [1.165, 1.54) is 18.2 Å². The molecular weight excluding hydrogens is 450 g/mol. The molecule has 11 heteroatoms. The highest BCUT2D eigenvalue weighted by Gasteiger charge is 2.31. The number of fused-ring (bicyclic) bond motifs is 1. The van der Waals surface area contributed by atoms with Crippen LogP contribution in [0.4, 0.5) is 17.6 Å². The van der Waals surface area contributed by atoms with Crippen LogP contribution in [0.1, 0.15) is 41.7 Å². The first-order valence-corrected chi connectivity index (χ1v) is 11.1. The van der Waals surface area contributed by atoms with E-state index in [1.807, 2.05) is 6.92 Å². The van der Waals surface area contributed by atoms with Gasteiger partial charge in [0, 0.05) is 19.1 Å². The second-order valence-corrected chi connectivity index (χ2v) is 8.62. The first kappa shape index (κ1) is 22.5. The fourth-order valence-corrected chi connectivity index (χ4v) is 4.61. The summed E-state index contributed by atoms with van der Waals surface area (Å²) in [7, 11) is 0. The van der Waals surface area contributed by atoms with Crippen LogP contribution in [0.2, 0.25) is 0 Å². The Labute approximate surface area is 193 Å². The lowest BCUT2D eigenvalue weighted by Gasteiger charge is -2.33. The molecule has 7 nitrogen and oxygen atoms in total. The van der Waals surface area contributed by atoms with Gasteiger partial charge in [0.2, 0.25) is 0 Å². The highest BCUT2D eigenvalue weighted by molar-refractivity contribution is 5.77. The molecule has 178 valence electrons. The molecule has 2 aromatic carbocycles. The Bertz CT molecular complexity index is 1290. The highest BCUT2D eigenvalue weighted by Crippen LogP contribution is 2.34. The number of piperidine rings is 1. The first-order chi connectivity index (χ1) is 16.3. The van der Waals surface area contributed by atoms with E-state index < -0.39 is 11.7 Å². The quantitative estimate of drug-likeness (QED) is 0.403. The predicted octanol–water partition coefficient (Wildman–Crippen LogP) is 4.37. The molecule has 0 aliphatic carbocycles. The number of likely N-dealkylation sites (tertiary alicyclic amines) is 1. The molecule has 2 aromatic heterocycles. The van der Waals surface area contributed by atoms with Crippen LogP contribution in [0.15, 0.2) is 42.5 Å². The number of halogens is 4. The predicted molar refractivity (Wildman–Crippen MR) is 116 cm³/mol. The van der Waals surface area contributed by atoms with Gasteiger partial charge in [-0.2, -0.15) is 13.2 Å². The van der Waals surface area contributed by atoms with Crippen LogP contribution in [-0.2, 0) is 19.3 Å². The van der Waals surface area contributed by atoms with Crippen molar-refractivity contribution in [2.45, 2.75) is 45.1 Å². The minimum atomic E-state index is -4.39. The van der Waals surface area contributed by atoms with Gasteiger partial charge in [0.15, 0.2) is 5.82 Å². The van der Waals surface area contributed by atoms with Crippen molar-refractivity contribution >= 4 is 11.0 Å². The molecule has 1 aliphatic rings. The Hall–Kier alpha value is -3.34. The molecule has 34 heavy (non-hydrogen) atoms. The molecule has 0 bridgehead atoms. The number of aryl methyl sites for hydroxylation is 1. The van der Waals surface area contributed by atoms with Crippen LogP contribution >= 0.6 is 0 Å². The Morgan fingerprint density at radius 2 is 1.74 bits per heavy atom. The van der Waals surface area contributed by atoms with Gasteiger partial charge >= 0.3 is 6.18 Å². The fraction of sp³-hybridized carbons (Fsp3) is 0.391. The van der Waals surface area contributed by atoms with Crippen molar-refractivity contribution in [2.75, 3.05) is 13.1 Å². The smallest absolute Gasteiger partial charge is 0.325 e.